The molecular weight excluding hydrogens is 262 g/mol. The maximum atomic E-state index is 12.8. The van der Waals surface area contributed by atoms with Crippen molar-refractivity contribution < 1.29 is 4.79 Å². The largest absolute Gasteiger partial charge is 0.360 e. The summed E-state index contributed by atoms with van der Waals surface area (Å²) in [7, 11) is 0. The number of fused-ring (bicyclic) bond motifs is 1. The lowest BCUT2D eigenvalue weighted by Gasteiger charge is -2.29. The average Bonchev–Trinajstić information content (AvgIpc) is 2.97. The quantitative estimate of drug-likeness (QED) is 0.907. The molecule has 4 heteroatoms. The monoisotopic (exact) mass is 285 g/mol. The van der Waals surface area contributed by atoms with Crippen LogP contribution in [-0.4, -0.2) is 42.0 Å². The molecule has 1 aliphatic heterocycles. The molecule has 1 aromatic carbocycles. The van der Waals surface area contributed by atoms with Crippen LogP contribution < -0.4 is 5.32 Å². The number of piperidine rings is 1. The second-order valence-corrected chi connectivity index (χ2v) is 5.80. The first kappa shape index (κ1) is 14.1. The zero-order valence-electron chi connectivity index (χ0n) is 12.6. The maximum absolute atomic E-state index is 12.8. The molecular formula is C17H23N3O. The minimum atomic E-state index is 0.139. The van der Waals surface area contributed by atoms with Gasteiger partial charge in [0.15, 0.2) is 0 Å². The zero-order valence-corrected chi connectivity index (χ0v) is 12.6. The van der Waals surface area contributed by atoms with E-state index in [9.17, 15) is 4.79 Å². The Balaban J connectivity index is 1.78. The van der Waals surface area contributed by atoms with E-state index in [0.29, 0.717) is 5.92 Å². The van der Waals surface area contributed by atoms with Crippen LogP contribution in [0, 0.1) is 5.92 Å². The normalized spacial score (nSPS) is 18.8. The van der Waals surface area contributed by atoms with E-state index in [1.807, 2.05) is 35.4 Å². The fraction of sp³-hybridized carbons (Fsp3) is 0.471. The Morgan fingerprint density at radius 1 is 1.38 bits per heavy atom. The van der Waals surface area contributed by atoms with Crippen molar-refractivity contribution in [3.05, 3.63) is 36.0 Å². The summed E-state index contributed by atoms with van der Waals surface area (Å²) in [6.45, 7) is 5.80. The van der Waals surface area contributed by atoms with E-state index in [0.717, 1.165) is 42.6 Å². The predicted octanol–water partition coefficient (Wildman–Crippen LogP) is 2.63. The van der Waals surface area contributed by atoms with Gasteiger partial charge in [0.1, 0.15) is 0 Å². The molecule has 0 aliphatic carbocycles. The Morgan fingerprint density at radius 3 is 3.00 bits per heavy atom. The topological polar surface area (TPSA) is 48.1 Å². The van der Waals surface area contributed by atoms with Gasteiger partial charge in [-0.2, -0.15) is 0 Å². The van der Waals surface area contributed by atoms with Crippen molar-refractivity contribution in [1.82, 2.24) is 15.2 Å². The van der Waals surface area contributed by atoms with E-state index < -0.39 is 0 Å². The van der Waals surface area contributed by atoms with Crippen LogP contribution >= 0.6 is 0 Å². The molecule has 1 unspecified atom stereocenters. The lowest BCUT2D eigenvalue weighted by molar-refractivity contribution is 0.0731. The van der Waals surface area contributed by atoms with Gasteiger partial charge >= 0.3 is 0 Å². The summed E-state index contributed by atoms with van der Waals surface area (Å²) in [4.78, 5) is 18.0. The SMILES string of the molecule is CCN(CC1CCCNC1)C(=O)c1c[nH]c2ccccc12. The molecule has 0 saturated carbocycles. The number of para-hydroxylation sites is 1. The Hall–Kier alpha value is -1.81. The molecule has 2 N–H and O–H groups in total. The smallest absolute Gasteiger partial charge is 0.256 e. The lowest BCUT2D eigenvalue weighted by atomic mass is 9.98. The number of amides is 1. The van der Waals surface area contributed by atoms with Crippen molar-refractivity contribution in [2.45, 2.75) is 19.8 Å². The van der Waals surface area contributed by atoms with Gasteiger partial charge in [-0.3, -0.25) is 4.79 Å². The molecule has 0 bridgehead atoms. The average molecular weight is 285 g/mol. The Kier molecular flexibility index (Phi) is 4.25. The van der Waals surface area contributed by atoms with Gasteiger partial charge in [-0.1, -0.05) is 18.2 Å². The number of nitrogens with zero attached hydrogens (tertiary/aromatic N) is 1. The van der Waals surface area contributed by atoms with Crippen LogP contribution in [0.4, 0.5) is 0 Å². The Morgan fingerprint density at radius 2 is 2.24 bits per heavy atom. The van der Waals surface area contributed by atoms with Gasteiger partial charge in [-0.05, 0) is 44.8 Å². The number of hydrogen-bond donors (Lipinski definition) is 2. The first-order valence-corrected chi connectivity index (χ1v) is 7.85. The Labute approximate surface area is 125 Å². The third kappa shape index (κ3) is 2.95. The van der Waals surface area contributed by atoms with Gasteiger partial charge < -0.3 is 15.2 Å². The van der Waals surface area contributed by atoms with Crippen molar-refractivity contribution in [2.24, 2.45) is 5.92 Å². The standard InChI is InChI=1S/C17H23N3O/c1-2-20(12-13-6-5-9-18-10-13)17(21)15-11-19-16-8-4-3-7-14(15)16/h3-4,7-8,11,13,18-19H,2,5-6,9-10,12H2,1H3. The highest BCUT2D eigenvalue weighted by Gasteiger charge is 2.22. The molecule has 1 aliphatic rings. The van der Waals surface area contributed by atoms with Crippen molar-refractivity contribution >= 4 is 16.8 Å². The molecule has 0 radical (unpaired) electrons. The van der Waals surface area contributed by atoms with Crippen molar-refractivity contribution in [3.8, 4) is 0 Å². The van der Waals surface area contributed by atoms with Crippen LogP contribution in [-0.2, 0) is 0 Å². The summed E-state index contributed by atoms with van der Waals surface area (Å²) < 4.78 is 0. The molecule has 1 aromatic heterocycles. The third-order valence-electron chi connectivity index (χ3n) is 4.37. The number of carbonyl (C=O) groups is 1. The van der Waals surface area contributed by atoms with Crippen LogP contribution in [0.25, 0.3) is 10.9 Å². The van der Waals surface area contributed by atoms with Gasteiger partial charge in [-0.15, -0.1) is 0 Å². The fourth-order valence-electron chi connectivity index (χ4n) is 3.17. The van der Waals surface area contributed by atoms with E-state index in [2.05, 4.69) is 17.2 Å². The van der Waals surface area contributed by atoms with Crippen LogP contribution in [0.1, 0.15) is 30.1 Å². The molecule has 1 fully saturated rings. The van der Waals surface area contributed by atoms with Gasteiger partial charge in [0, 0.05) is 30.2 Å². The van der Waals surface area contributed by atoms with Crippen LogP contribution in [0.2, 0.25) is 0 Å². The minimum Gasteiger partial charge on any atom is -0.360 e. The molecule has 0 spiro atoms. The highest BCUT2D eigenvalue weighted by Crippen LogP contribution is 2.20. The number of rotatable bonds is 4. The van der Waals surface area contributed by atoms with Crippen molar-refractivity contribution in [3.63, 3.8) is 0 Å². The summed E-state index contributed by atoms with van der Waals surface area (Å²) in [5.41, 5.74) is 1.81. The molecule has 4 nitrogen and oxygen atoms in total. The number of hydrogen-bond acceptors (Lipinski definition) is 2. The third-order valence-corrected chi connectivity index (χ3v) is 4.37. The van der Waals surface area contributed by atoms with Crippen molar-refractivity contribution in [2.75, 3.05) is 26.2 Å². The van der Waals surface area contributed by atoms with Gasteiger partial charge in [0.05, 0.1) is 5.56 Å². The van der Waals surface area contributed by atoms with E-state index >= 15 is 0 Å². The number of H-pyrrole nitrogens is 1. The molecule has 3 rings (SSSR count). The number of benzene rings is 1. The number of aromatic nitrogens is 1. The van der Waals surface area contributed by atoms with E-state index in [4.69, 9.17) is 0 Å². The molecule has 1 saturated heterocycles. The molecule has 112 valence electrons. The highest BCUT2D eigenvalue weighted by molar-refractivity contribution is 6.06. The fourth-order valence-corrected chi connectivity index (χ4v) is 3.17. The molecule has 2 heterocycles. The van der Waals surface area contributed by atoms with E-state index in [-0.39, 0.29) is 5.91 Å². The summed E-state index contributed by atoms with van der Waals surface area (Å²) in [5, 5.41) is 4.44. The van der Waals surface area contributed by atoms with Crippen LogP contribution in [0.3, 0.4) is 0 Å². The lowest BCUT2D eigenvalue weighted by Crippen LogP contribution is -2.40. The molecule has 1 amide bonds. The number of nitrogens with one attached hydrogen (secondary N) is 2. The Bertz CT molecular complexity index is 613. The van der Waals surface area contributed by atoms with Gasteiger partial charge in [0.25, 0.3) is 5.91 Å². The first-order chi connectivity index (χ1) is 10.3. The molecule has 1 atom stereocenters. The number of aromatic amines is 1. The summed E-state index contributed by atoms with van der Waals surface area (Å²) in [6, 6.07) is 7.98. The van der Waals surface area contributed by atoms with Gasteiger partial charge in [0.2, 0.25) is 0 Å². The maximum Gasteiger partial charge on any atom is 0.256 e. The summed E-state index contributed by atoms with van der Waals surface area (Å²) in [6.07, 6.45) is 4.27. The van der Waals surface area contributed by atoms with E-state index in [1.165, 1.54) is 12.8 Å². The van der Waals surface area contributed by atoms with E-state index in [1.54, 1.807) is 0 Å². The van der Waals surface area contributed by atoms with Crippen LogP contribution in [0.15, 0.2) is 30.5 Å². The predicted molar refractivity (Wildman–Crippen MR) is 85.5 cm³/mol. The first-order valence-electron chi connectivity index (χ1n) is 7.85. The molecule has 2 aromatic rings. The second-order valence-electron chi connectivity index (χ2n) is 5.80. The number of carbonyl (C=O) groups excluding carboxylic acids is 1. The van der Waals surface area contributed by atoms with Crippen LogP contribution in [0.5, 0.6) is 0 Å². The molecule has 21 heavy (non-hydrogen) atoms. The zero-order chi connectivity index (χ0) is 14.7. The van der Waals surface area contributed by atoms with Gasteiger partial charge in [-0.25, -0.2) is 0 Å². The minimum absolute atomic E-state index is 0.139. The van der Waals surface area contributed by atoms with Crippen molar-refractivity contribution in [1.29, 1.82) is 0 Å². The highest BCUT2D eigenvalue weighted by atomic mass is 16.2. The second kappa shape index (κ2) is 6.31. The summed E-state index contributed by atoms with van der Waals surface area (Å²) >= 11 is 0. The summed E-state index contributed by atoms with van der Waals surface area (Å²) in [5.74, 6) is 0.716.